The van der Waals surface area contributed by atoms with Gasteiger partial charge in [-0.05, 0) is 37.8 Å². The molecule has 6 nitrogen and oxygen atoms in total. The summed E-state index contributed by atoms with van der Waals surface area (Å²) in [5.41, 5.74) is 1.24. The van der Waals surface area contributed by atoms with Crippen LogP contribution in [0.2, 0.25) is 0 Å². The predicted octanol–water partition coefficient (Wildman–Crippen LogP) is 3.63. The van der Waals surface area contributed by atoms with E-state index < -0.39 is 5.82 Å². The van der Waals surface area contributed by atoms with Gasteiger partial charge in [-0.3, -0.25) is 0 Å². The number of para-hydroxylation sites is 1. The molecular formula is C18H24FN5O. The average molecular weight is 345 g/mol. The van der Waals surface area contributed by atoms with Crippen LogP contribution in [0.3, 0.4) is 0 Å². The van der Waals surface area contributed by atoms with Crippen LogP contribution in [0.1, 0.15) is 44.3 Å². The Morgan fingerprint density at radius 1 is 1.32 bits per heavy atom. The Balaban J connectivity index is 1.52. The summed E-state index contributed by atoms with van der Waals surface area (Å²) in [6.45, 7) is 3.40. The van der Waals surface area contributed by atoms with Crippen LogP contribution in [0.5, 0.6) is 0 Å². The minimum absolute atomic E-state index is 0.214. The van der Waals surface area contributed by atoms with Gasteiger partial charge in [-0.2, -0.15) is 0 Å². The molecule has 0 unspecified atom stereocenters. The van der Waals surface area contributed by atoms with Crippen LogP contribution in [0.25, 0.3) is 0 Å². The van der Waals surface area contributed by atoms with Crippen LogP contribution in [0.15, 0.2) is 30.5 Å². The van der Waals surface area contributed by atoms with E-state index in [-0.39, 0.29) is 17.8 Å². The number of amides is 2. The Morgan fingerprint density at radius 2 is 2.08 bits per heavy atom. The first-order chi connectivity index (χ1) is 12.2. The number of nitrogens with zero attached hydrogens (tertiary/aromatic N) is 4. The lowest BCUT2D eigenvalue weighted by Gasteiger charge is -2.31. The fraction of sp³-hybridized carbons (Fsp3) is 0.500. The largest absolute Gasteiger partial charge is 0.324 e. The third kappa shape index (κ3) is 4.35. The van der Waals surface area contributed by atoms with Crippen LogP contribution >= 0.6 is 0 Å². The van der Waals surface area contributed by atoms with E-state index in [9.17, 15) is 9.18 Å². The van der Waals surface area contributed by atoms with Crippen LogP contribution in [0.4, 0.5) is 14.9 Å². The number of halogens is 1. The van der Waals surface area contributed by atoms with Gasteiger partial charge in [0.15, 0.2) is 0 Å². The van der Waals surface area contributed by atoms with Gasteiger partial charge >= 0.3 is 6.03 Å². The average Bonchev–Trinajstić information content (AvgIpc) is 3.11. The monoisotopic (exact) mass is 345 g/mol. The lowest BCUT2D eigenvalue weighted by Crippen LogP contribution is -2.41. The lowest BCUT2D eigenvalue weighted by atomic mass is 10.1. The summed E-state index contributed by atoms with van der Waals surface area (Å²) in [4.78, 5) is 14.0. The van der Waals surface area contributed by atoms with Crippen molar-refractivity contribution in [2.75, 3.05) is 18.4 Å². The van der Waals surface area contributed by atoms with Gasteiger partial charge in [0.05, 0.1) is 17.4 Å². The first kappa shape index (κ1) is 17.4. The maximum Gasteiger partial charge on any atom is 0.321 e. The molecule has 0 atom stereocenters. The molecule has 0 saturated carbocycles. The van der Waals surface area contributed by atoms with Crippen molar-refractivity contribution in [2.45, 2.75) is 45.1 Å². The van der Waals surface area contributed by atoms with E-state index >= 15 is 0 Å². The van der Waals surface area contributed by atoms with E-state index in [1.807, 2.05) is 10.9 Å². The van der Waals surface area contributed by atoms with Gasteiger partial charge in [-0.1, -0.05) is 30.7 Å². The molecular weight excluding hydrogens is 321 g/mol. The molecule has 0 spiro atoms. The topological polar surface area (TPSA) is 63.1 Å². The first-order valence-corrected chi connectivity index (χ1v) is 8.88. The summed E-state index contributed by atoms with van der Waals surface area (Å²) >= 11 is 0. The maximum absolute atomic E-state index is 13.6. The molecule has 1 aliphatic rings. The molecule has 3 rings (SSSR count). The number of rotatable bonds is 5. The number of unbranched alkanes of at least 4 members (excludes halogenated alkanes) is 1. The number of benzene rings is 1. The third-order valence-corrected chi connectivity index (χ3v) is 4.59. The molecule has 1 aromatic heterocycles. The Morgan fingerprint density at radius 3 is 2.80 bits per heavy atom. The van der Waals surface area contributed by atoms with Gasteiger partial charge in [0.1, 0.15) is 5.82 Å². The van der Waals surface area contributed by atoms with E-state index in [0.717, 1.165) is 37.8 Å². The first-order valence-electron chi connectivity index (χ1n) is 8.88. The highest BCUT2D eigenvalue weighted by molar-refractivity contribution is 5.89. The number of carbonyl (C=O) groups excluding carboxylic acids is 1. The number of carbonyl (C=O) groups is 1. The molecule has 0 aliphatic carbocycles. The van der Waals surface area contributed by atoms with E-state index in [1.54, 1.807) is 23.1 Å². The van der Waals surface area contributed by atoms with Crippen molar-refractivity contribution in [1.29, 1.82) is 0 Å². The lowest BCUT2D eigenvalue weighted by molar-refractivity contribution is 0.179. The van der Waals surface area contributed by atoms with E-state index in [4.69, 9.17) is 0 Å². The van der Waals surface area contributed by atoms with Crippen LogP contribution in [0, 0.1) is 5.82 Å². The number of urea groups is 1. The van der Waals surface area contributed by atoms with E-state index in [2.05, 4.69) is 22.6 Å². The molecule has 2 amide bonds. The summed E-state index contributed by atoms with van der Waals surface area (Å²) < 4.78 is 15.6. The number of likely N-dealkylation sites (tertiary alicyclic amines) is 1. The van der Waals surface area contributed by atoms with Gasteiger partial charge in [-0.25, -0.2) is 13.9 Å². The fourth-order valence-corrected chi connectivity index (χ4v) is 3.05. The van der Waals surface area contributed by atoms with Gasteiger partial charge in [0.25, 0.3) is 0 Å². The molecule has 134 valence electrons. The molecule has 0 bridgehead atoms. The smallest absolute Gasteiger partial charge is 0.321 e. The van der Waals surface area contributed by atoms with Crippen molar-refractivity contribution in [3.8, 4) is 0 Å². The molecule has 7 heteroatoms. The van der Waals surface area contributed by atoms with Gasteiger partial charge < -0.3 is 10.2 Å². The fourth-order valence-electron chi connectivity index (χ4n) is 3.05. The number of hydrogen-bond donors (Lipinski definition) is 1. The minimum atomic E-state index is -0.423. The summed E-state index contributed by atoms with van der Waals surface area (Å²) in [7, 11) is 0. The van der Waals surface area contributed by atoms with Gasteiger partial charge in [0.2, 0.25) is 0 Å². The second-order valence-corrected chi connectivity index (χ2v) is 6.42. The molecule has 1 saturated heterocycles. The molecule has 2 heterocycles. The number of anilines is 1. The van der Waals surface area contributed by atoms with Crippen molar-refractivity contribution in [1.82, 2.24) is 19.9 Å². The highest BCUT2D eigenvalue weighted by Gasteiger charge is 2.25. The Bertz CT molecular complexity index is 709. The molecule has 1 aromatic carbocycles. The molecule has 1 N–H and O–H groups in total. The van der Waals surface area contributed by atoms with Crippen LogP contribution in [-0.4, -0.2) is 39.0 Å². The Hall–Kier alpha value is -2.44. The number of aromatic nitrogens is 3. The normalized spacial score (nSPS) is 15.4. The third-order valence-electron chi connectivity index (χ3n) is 4.59. The van der Waals surface area contributed by atoms with Crippen molar-refractivity contribution >= 4 is 11.7 Å². The van der Waals surface area contributed by atoms with Crippen molar-refractivity contribution in [3.05, 3.63) is 42.0 Å². The maximum atomic E-state index is 13.6. The Kier molecular flexibility index (Phi) is 5.63. The number of nitrogens with one attached hydrogen (secondary N) is 1. The zero-order chi connectivity index (χ0) is 17.6. The number of piperidine rings is 1. The SMILES string of the molecule is CCCCc1cn(C2CCN(C(=O)Nc3ccccc3F)CC2)nn1. The number of hydrogen-bond acceptors (Lipinski definition) is 3. The molecule has 1 fully saturated rings. The zero-order valence-corrected chi connectivity index (χ0v) is 14.5. The van der Waals surface area contributed by atoms with Gasteiger partial charge in [0, 0.05) is 19.3 Å². The zero-order valence-electron chi connectivity index (χ0n) is 14.5. The molecule has 25 heavy (non-hydrogen) atoms. The second kappa shape index (κ2) is 8.09. The summed E-state index contributed by atoms with van der Waals surface area (Å²) in [6.07, 6.45) is 6.88. The Labute approximate surface area is 147 Å². The second-order valence-electron chi connectivity index (χ2n) is 6.42. The highest BCUT2D eigenvalue weighted by Crippen LogP contribution is 2.23. The summed E-state index contributed by atoms with van der Waals surface area (Å²) in [5, 5.41) is 11.1. The summed E-state index contributed by atoms with van der Waals surface area (Å²) in [6, 6.07) is 6.21. The van der Waals surface area contributed by atoms with Crippen LogP contribution < -0.4 is 5.32 Å². The highest BCUT2D eigenvalue weighted by atomic mass is 19.1. The minimum Gasteiger partial charge on any atom is -0.324 e. The van der Waals surface area contributed by atoms with E-state index in [1.165, 1.54) is 6.07 Å². The van der Waals surface area contributed by atoms with Crippen molar-refractivity contribution < 1.29 is 9.18 Å². The van der Waals surface area contributed by atoms with Crippen molar-refractivity contribution in [3.63, 3.8) is 0 Å². The standard InChI is InChI=1S/C18H24FN5O/c1-2-3-6-14-13-24(22-21-14)15-9-11-23(12-10-15)18(25)20-17-8-5-4-7-16(17)19/h4-5,7-8,13,15H,2-3,6,9-12H2,1H3,(H,20,25). The predicted molar refractivity (Wildman–Crippen MR) is 93.9 cm³/mol. The molecule has 0 radical (unpaired) electrons. The van der Waals surface area contributed by atoms with E-state index in [0.29, 0.717) is 13.1 Å². The van der Waals surface area contributed by atoms with Crippen molar-refractivity contribution in [2.24, 2.45) is 0 Å². The summed E-state index contributed by atoms with van der Waals surface area (Å²) in [5.74, 6) is -0.423. The molecule has 2 aromatic rings. The van der Waals surface area contributed by atoms with Crippen LogP contribution in [-0.2, 0) is 6.42 Å². The molecule has 1 aliphatic heterocycles. The number of aryl methyl sites for hydroxylation is 1. The van der Waals surface area contributed by atoms with Gasteiger partial charge in [-0.15, -0.1) is 5.10 Å². The quantitative estimate of drug-likeness (QED) is 0.900.